The molecule has 1 saturated carbocycles. The van der Waals surface area contributed by atoms with Crippen LogP contribution in [0.4, 0.5) is 11.4 Å². The number of carbonyl (C=O) groups is 4. The number of fused-ring (bicyclic) bond motifs is 1. The molecule has 1 heterocycles. The lowest BCUT2D eigenvalue weighted by Gasteiger charge is -2.26. The predicted molar refractivity (Wildman–Crippen MR) is 113 cm³/mol. The minimum atomic E-state index is -0.822. The zero-order valence-corrected chi connectivity index (χ0v) is 17.6. The van der Waals surface area contributed by atoms with E-state index in [1.807, 2.05) is 6.26 Å². The molecule has 3 rings (SSSR count). The molecule has 2 fully saturated rings. The number of rotatable bonds is 7. The highest BCUT2D eigenvalue weighted by atomic mass is 32.2. The molecule has 0 aromatic heterocycles. The maximum Gasteiger partial charge on any atom is 0.247 e. The van der Waals surface area contributed by atoms with Crippen molar-refractivity contribution in [3.8, 4) is 0 Å². The lowest BCUT2D eigenvalue weighted by Crippen LogP contribution is -2.48. The van der Waals surface area contributed by atoms with E-state index in [0.717, 1.165) is 25.7 Å². The van der Waals surface area contributed by atoms with Gasteiger partial charge in [-0.2, -0.15) is 11.8 Å². The molecule has 7 nitrogen and oxygen atoms in total. The number of anilines is 2. The third kappa shape index (κ3) is 4.80. The van der Waals surface area contributed by atoms with E-state index in [1.165, 1.54) is 11.8 Å². The van der Waals surface area contributed by atoms with Gasteiger partial charge in [-0.1, -0.05) is 18.9 Å². The van der Waals surface area contributed by atoms with Gasteiger partial charge in [0.05, 0.1) is 11.8 Å². The third-order valence-electron chi connectivity index (χ3n) is 5.54. The fraction of sp³-hybridized carbons (Fsp3) is 0.524. The largest absolute Gasteiger partial charge is 0.326 e. The molecule has 3 atom stereocenters. The smallest absolute Gasteiger partial charge is 0.247 e. The van der Waals surface area contributed by atoms with Crippen molar-refractivity contribution in [3.05, 3.63) is 24.3 Å². The SMILES string of the molecule is CSCCC(C(=O)Nc1cccc(NC(C)=O)c1)N1C(=O)C2CCCCC2C1=O. The molecule has 8 heteroatoms. The molecule has 0 spiro atoms. The van der Waals surface area contributed by atoms with Gasteiger partial charge in [0, 0.05) is 18.3 Å². The number of amides is 4. The van der Waals surface area contributed by atoms with Crippen molar-refractivity contribution in [2.75, 3.05) is 22.6 Å². The summed E-state index contributed by atoms with van der Waals surface area (Å²) in [5.74, 6) is -0.869. The fourth-order valence-electron chi connectivity index (χ4n) is 4.21. The van der Waals surface area contributed by atoms with Crippen LogP contribution in [0.15, 0.2) is 24.3 Å². The molecular weight excluding hydrogens is 390 g/mol. The minimum Gasteiger partial charge on any atom is -0.326 e. The van der Waals surface area contributed by atoms with Gasteiger partial charge in [0.1, 0.15) is 6.04 Å². The van der Waals surface area contributed by atoms with E-state index in [2.05, 4.69) is 10.6 Å². The summed E-state index contributed by atoms with van der Waals surface area (Å²) in [6.07, 6.45) is 5.69. The molecule has 2 aliphatic rings. The predicted octanol–water partition coefficient (Wildman–Crippen LogP) is 2.88. The molecule has 156 valence electrons. The number of nitrogens with zero attached hydrogens (tertiary/aromatic N) is 1. The summed E-state index contributed by atoms with van der Waals surface area (Å²) < 4.78 is 0. The highest BCUT2D eigenvalue weighted by Crippen LogP contribution is 2.39. The van der Waals surface area contributed by atoms with Gasteiger partial charge in [0.2, 0.25) is 23.6 Å². The molecule has 1 saturated heterocycles. The number of benzene rings is 1. The first-order chi connectivity index (χ1) is 13.9. The Bertz CT molecular complexity index is 789. The van der Waals surface area contributed by atoms with Gasteiger partial charge in [-0.15, -0.1) is 0 Å². The van der Waals surface area contributed by atoms with Crippen LogP contribution in [0.1, 0.15) is 39.0 Å². The molecule has 29 heavy (non-hydrogen) atoms. The first-order valence-corrected chi connectivity index (χ1v) is 11.4. The van der Waals surface area contributed by atoms with E-state index in [9.17, 15) is 19.2 Å². The van der Waals surface area contributed by atoms with Gasteiger partial charge in [-0.25, -0.2) is 0 Å². The maximum atomic E-state index is 13.1. The second-order valence-corrected chi connectivity index (χ2v) is 8.58. The maximum absolute atomic E-state index is 13.1. The van der Waals surface area contributed by atoms with E-state index < -0.39 is 6.04 Å². The van der Waals surface area contributed by atoms with Gasteiger partial charge >= 0.3 is 0 Å². The van der Waals surface area contributed by atoms with Crippen LogP contribution in [0.2, 0.25) is 0 Å². The van der Waals surface area contributed by atoms with Crippen molar-refractivity contribution in [1.29, 1.82) is 0 Å². The molecule has 1 aromatic carbocycles. The van der Waals surface area contributed by atoms with Gasteiger partial charge in [0.25, 0.3) is 0 Å². The van der Waals surface area contributed by atoms with Crippen LogP contribution in [0.3, 0.4) is 0 Å². The quantitative estimate of drug-likeness (QED) is 0.665. The Morgan fingerprint density at radius 2 is 1.69 bits per heavy atom. The Morgan fingerprint density at radius 3 is 2.24 bits per heavy atom. The Kier molecular flexibility index (Phi) is 6.95. The first kappa shape index (κ1) is 21.4. The van der Waals surface area contributed by atoms with Gasteiger partial charge in [-0.05, 0) is 49.5 Å². The Labute approximate surface area is 175 Å². The van der Waals surface area contributed by atoms with E-state index in [4.69, 9.17) is 0 Å². The lowest BCUT2D eigenvalue weighted by atomic mass is 9.81. The summed E-state index contributed by atoms with van der Waals surface area (Å²) in [5.41, 5.74) is 1.07. The summed E-state index contributed by atoms with van der Waals surface area (Å²) in [7, 11) is 0. The lowest BCUT2D eigenvalue weighted by molar-refractivity contribution is -0.146. The van der Waals surface area contributed by atoms with Crippen LogP contribution in [-0.4, -0.2) is 46.6 Å². The Balaban J connectivity index is 1.79. The average molecular weight is 418 g/mol. The summed E-state index contributed by atoms with van der Waals surface area (Å²) in [5, 5.41) is 5.49. The second-order valence-electron chi connectivity index (χ2n) is 7.59. The first-order valence-electron chi connectivity index (χ1n) is 9.96. The van der Waals surface area contributed by atoms with E-state index in [0.29, 0.717) is 23.5 Å². The minimum absolute atomic E-state index is 0.201. The van der Waals surface area contributed by atoms with Crippen molar-refractivity contribution in [2.45, 2.75) is 45.1 Å². The van der Waals surface area contributed by atoms with Crippen molar-refractivity contribution in [1.82, 2.24) is 4.90 Å². The molecule has 1 aliphatic heterocycles. The number of thioether (sulfide) groups is 1. The standard InChI is InChI=1S/C21H27N3O4S/c1-13(25)22-14-6-5-7-15(12-14)23-19(26)18(10-11-29-2)24-20(27)16-8-3-4-9-17(16)21(24)28/h5-7,12,16-18H,3-4,8-11H2,1-2H3,(H,22,25)(H,23,26). The summed E-state index contributed by atoms with van der Waals surface area (Å²) in [4.78, 5) is 51.5. The number of imide groups is 1. The third-order valence-corrected chi connectivity index (χ3v) is 6.18. The molecule has 1 aliphatic carbocycles. The van der Waals surface area contributed by atoms with Gasteiger partial charge in [-0.3, -0.25) is 24.1 Å². The summed E-state index contributed by atoms with van der Waals surface area (Å²) in [6, 6.07) is 5.98. The zero-order chi connectivity index (χ0) is 21.0. The highest BCUT2D eigenvalue weighted by molar-refractivity contribution is 7.98. The Morgan fingerprint density at radius 1 is 1.10 bits per heavy atom. The molecule has 1 aromatic rings. The van der Waals surface area contributed by atoms with Crippen molar-refractivity contribution < 1.29 is 19.2 Å². The fourth-order valence-corrected chi connectivity index (χ4v) is 4.66. The van der Waals surface area contributed by atoms with E-state index in [-0.39, 0.29) is 35.5 Å². The number of hydrogen-bond donors (Lipinski definition) is 2. The van der Waals surface area contributed by atoms with Gasteiger partial charge in [0.15, 0.2) is 0 Å². The highest BCUT2D eigenvalue weighted by Gasteiger charge is 2.51. The number of carbonyl (C=O) groups excluding carboxylic acids is 4. The molecular formula is C21H27N3O4S. The number of nitrogens with one attached hydrogen (secondary N) is 2. The molecule has 0 bridgehead atoms. The molecule has 3 unspecified atom stereocenters. The average Bonchev–Trinajstić information content (AvgIpc) is 2.93. The topological polar surface area (TPSA) is 95.6 Å². The van der Waals surface area contributed by atoms with Crippen molar-refractivity contribution >= 4 is 46.8 Å². The summed E-state index contributed by atoms with van der Waals surface area (Å²) in [6.45, 7) is 1.41. The van der Waals surface area contributed by atoms with Crippen molar-refractivity contribution in [3.63, 3.8) is 0 Å². The van der Waals surface area contributed by atoms with Crippen LogP contribution in [0.5, 0.6) is 0 Å². The number of hydrogen-bond acceptors (Lipinski definition) is 5. The zero-order valence-electron chi connectivity index (χ0n) is 16.8. The second kappa shape index (κ2) is 9.43. The van der Waals surface area contributed by atoms with Crippen LogP contribution < -0.4 is 10.6 Å². The van der Waals surface area contributed by atoms with Gasteiger partial charge < -0.3 is 10.6 Å². The van der Waals surface area contributed by atoms with Crippen LogP contribution >= 0.6 is 11.8 Å². The Hall–Kier alpha value is -2.35. The van der Waals surface area contributed by atoms with E-state index >= 15 is 0 Å². The van der Waals surface area contributed by atoms with Crippen LogP contribution in [0.25, 0.3) is 0 Å². The normalized spacial score (nSPS) is 22.2. The number of likely N-dealkylation sites (tertiary alicyclic amines) is 1. The molecule has 2 N–H and O–H groups in total. The van der Waals surface area contributed by atoms with E-state index in [1.54, 1.807) is 36.0 Å². The molecule has 0 radical (unpaired) electrons. The van der Waals surface area contributed by atoms with Crippen LogP contribution in [-0.2, 0) is 19.2 Å². The van der Waals surface area contributed by atoms with Crippen LogP contribution in [0, 0.1) is 11.8 Å². The summed E-state index contributed by atoms with van der Waals surface area (Å²) >= 11 is 1.57. The monoisotopic (exact) mass is 417 g/mol. The molecule has 4 amide bonds. The van der Waals surface area contributed by atoms with Crippen molar-refractivity contribution in [2.24, 2.45) is 11.8 Å².